The van der Waals surface area contributed by atoms with E-state index in [9.17, 15) is 4.79 Å². The van der Waals surface area contributed by atoms with Crippen LogP contribution in [0.25, 0.3) is 0 Å². The lowest BCUT2D eigenvalue weighted by molar-refractivity contribution is -0.121. The standard InChI is InChI=1S/C17H25NO2/c1-13-9-10-14(11-16(13)20-2)12-17(19)18-15-7-5-3-4-6-8-15/h9-11,15H,3-8,12H2,1-2H3,(H,18,19). The van der Waals surface area contributed by atoms with E-state index < -0.39 is 0 Å². The van der Waals surface area contributed by atoms with Crippen LogP contribution in [0.5, 0.6) is 5.75 Å². The molecule has 1 aliphatic carbocycles. The lowest BCUT2D eigenvalue weighted by atomic mass is 10.1. The van der Waals surface area contributed by atoms with E-state index in [4.69, 9.17) is 4.74 Å². The molecule has 0 atom stereocenters. The summed E-state index contributed by atoms with van der Waals surface area (Å²) in [4.78, 5) is 12.1. The number of rotatable bonds is 4. The summed E-state index contributed by atoms with van der Waals surface area (Å²) in [6.45, 7) is 2.01. The Labute approximate surface area is 121 Å². The van der Waals surface area contributed by atoms with E-state index in [0.29, 0.717) is 12.5 Å². The minimum absolute atomic E-state index is 0.128. The topological polar surface area (TPSA) is 38.3 Å². The number of nitrogens with one attached hydrogen (secondary N) is 1. The Morgan fingerprint density at radius 2 is 1.95 bits per heavy atom. The van der Waals surface area contributed by atoms with Crippen molar-refractivity contribution < 1.29 is 9.53 Å². The van der Waals surface area contributed by atoms with E-state index in [0.717, 1.165) is 29.7 Å². The predicted molar refractivity (Wildman–Crippen MR) is 81.1 cm³/mol. The SMILES string of the molecule is COc1cc(CC(=O)NC2CCCCCC2)ccc1C. The van der Waals surface area contributed by atoms with Gasteiger partial charge >= 0.3 is 0 Å². The number of benzene rings is 1. The molecule has 0 heterocycles. The molecular weight excluding hydrogens is 250 g/mol. The maximum Gasteiger partial charge on any atom is 0.224 e. The summed E-state index contributed by atoms with van der Waals surface area (Å²) in [5.41, 5.74) is 2.11. The average molecular weight is 275 g/mol. The number of methoxy groups -OCH3 is 1. The molecule has 0 bridgehead atoms. The number of hydrogen-bond donors (Lipinski definition) is 1. The molecule has 0 saturated heterocycles. The van der Waals surface area contributed by atoms with Gasteiger partial charge in [0.25, 0.3) is 0 Å². The van der Waals surface area contributed by atoms with Crippen molar-refractivity contribution in [1.82, 2.24) is 5.32 Å². The highest BCUT2D eigenvalue weighted by Gasteiger charge is 2.15. The first kappa shape index (κ1) is 14.9. The first-order valence-electron chi connectivity index (χ1n) is 7.62. The van der Waals surface area contributed by atoms with E-state index in [1.165, 1.54) is 25.7 Å². The van der Waals surface area contributed by atoms with E-state index in [1.54, 1.807) is 7.11 Å². The molecule has 1 N–H and O–H groups in total. The van der Waals surface area contributed by atoms with Crippen molar-refractivity contribution in [2.45, 2.75) is 57.9 Å². The fourth-order valence-electron chi connectivity index (χ4n) is 2.86. The Bertz CT molecular complexity index is 448. The highest BCUT2D eigenvalue weighted by molar-refractivity contribution is 5.79. The summed E-state index contributed by atoms with van der Waals surface area (Å²) in [6.07, 6.45) is 7.79. The van der Waals surface area contributed by atoms with Crippen molar-refractivity contribution in [3.63, 3.8) is 0 Å². The van der Waals surface area contributed by atoms with Crippen molar-refractivity contribution >= 4 is 5.91 Å². The van der Waals surface area contributed by atoms with Crippen LogP contribution in [-0.2, 0) is 11.2 Å². The first-order valence-corrected chi connectivity index (χ1v) is 7.62. The second-order valence-electron chi connectivity index (χ2n) is 5.74. The molecule has 0 unspecified atom stereocenters. The molecule has 1 aliphatic rings. The van der Waals surface area contributed by atoms with Crippen LogP contribution in [0.1, 0.15) is 49.7 Å². The number of carbonyl (C=O) groups is 1. The zero-order valence-corrected chi connectivity index (χ0v) is 12.6. The van der Waals surface area contributed by atoms with Gasteiger partial charge in [0.15, 0.2) is 0 Å². The molecule has 1 aromatic carbocycles. The van der Waals surface area contributed by atoms with Crippen LogP contribution in [0, 0.1) is 6.92 Å². The molecule has 20 heavy (non-hydrogen) atoms. The molecule has 3 nitrogen and oxygen atoms in total. The zero-order valence-electron chi connectivity index (χ0n) is 12.6. The largest absolute Gasteiger partial charge is 0.496 e. The van der Waals surface area contributed by atoms with Gasteiger partial charge in [-0.15, -0.1) is 0 Å². The third-order valence-corrected chi connectivity index (χ3v) is 4.06. The van der Waals surface area contributed by atoms with Crippen LogP contribution < -0.4 is 10.1 Å². The maximum absolute atomic E-state index is 12.1. The Morgan fingerprint density at radius 3 is 2.60 bits per heavy atom. The second kappa shape index (κ2) is 7.32. The molecule has 110 valence electrons. The molecule has 0 spiro atoms. The summed E-state index contributed by atoms with van der Waals surface area (Å²) >= 11 is 0. The Morgan fingerprint density at radius 1 is 1.25 bits per heavy atom. The minimum atomic E-state index is 0.128. The van der Waals surface area contributed by atoms with Gasteiger partial charge in [0, 0.05) is 6.04 Å². The van der Waals surface area contributed by atoms with Crippen LogP contribution in [0.15, 0.2) is 18.2 Å². The molecule has 1 aromatic rings. The third-order valence-electron chi connectivity index (χ3n) is 4.06. The Kier molecular flexibility index (Phi) is 5.45. The summed E-state index contributed by atoms with van der Waals surface area (Å²) in [5.74, 6) is 0.979. The van der Waals surface area contributed by atoms with Crippen LogP contribution in [-0.4, -0.2) is 19.1 Å². The van der Waals surface area contributed by atoms with Crippen molar-refractivity contribution in [3.05, 3.63) is 29.3 Å². The van der Waals surface area contributed by atoms with Gasteiger partial charge in [-0.05, 0) is 37.0 Å². The van der Waals surface area contributed by atoms with Crippen molar-refractivity contribution in [1.29, 1.82) is 0 Å². The fraction of sp³-hybridized carbons (Fsp3) is 0.588. The van der Waals surface area contributed by atoms with Crippen LogP contribution in [0.3, 0.4) is 0 Å². The van der Waals surface area contributed by atoms with E-state index in [-0.39, 0.29) is 5.91 Å². The first-order chi connectivity index (χ1) is 9.69. The lowest BCUT2D eigenvalue weighted by Crippen LogP contribution is -2.35. The van der Waals surface area contributed by atoms with Gasteiger partial charge in [0.05, 0.1) is 13.5 Å². The molecule has 2 rings (SSSR count). The fourth-order valence-corrected chi connectivity index (χ4v) is 2.86. The maximum atomic E-state index is 12.1. The van der Waals surface area contributed by atoms with Gasteiger partial charge in [0.1, 0.15) is 5.75 Å². The van der Waals surface area contributed by atoms with Crippen molar-refractivity contribution in [2.24, 2.45) is 0 Å². The number of ether oxygens (including phenoxy) is 1. The summed E-state index contributed by atoms with van der Waals surface area (Å²) in [5, 5.41) is 3.18. The monoisotopic (exact) mass is 275 g/mol. The minimum Gasteiger partial charge on any atom is -0.496 e. The van der Waals surface area contributed by atoms with Gasteiger partial charge in [-0.1, -0.05) is 37.8 Å². The van der Waals surface area contributed by atoms with Gasteiger partial charge in [-0.3, -0.25) is 4.79 Å². The summed E-state index contributed by atoms with van der Waals surface area (Å²) in [6, 6.07) is 6.34. The van der Waals surface area contributed by atoms with Crippen LogP contribution >= 0.6 is 0 Å². The van der Waals surface area contributed by atoms with Crippen LogP contribution in [0.4, 0.5) is 0 Å². The number of carbonyl (C=O) groups excluding carboxylic acids is 1. The molecule has 0 aromatic heterocycles. The second-order valence-corrected chi connectivity index (χ2v) is 5.74. The van der Waals surface area contributed by atoms with Crippen molar-refractivity contribution in [3.8, 4) is 5.75 Å². The van der Waals surface area contributed by atoms with Gasteiger partial charge < -0.3 is 10.1 Å². The molecule has 1 amide bonds. The number of amides is 1. The predicted octanol–water partition coefficient (Wildman–Crippen LogP) is 3.39. The smallest absolute Gasteiger partial charge is 0.224 e. The highest BCUT2D eigenvalue weighted by atomic mass is 16.5. The van der Waals surface area contributed by atoms with Gasteiger partial charge in [0.2, 0.25) is 5.91 Å². The highest BCUT2D eigenvalue weighted by Crippen LogP contribution is 2.20. The molecule has 0 aliphatic heterocycles. The van der Waals surface area contributed by atoms with E-state index >= 15 is 0 Å². The summed E-state index contributed by atoms with van der Waals surface area (Å²) < 4.78 is 5.30. The number of hydrogen-bond acceptors (Lipinski definition) is 2. The van der Waals surface area contributed by atoms with Crippen molar-refractivity contribution in [2.75, 3.05) is 7.11 Å². The quantitative estimate of drug-likeness (QED) is 0.855. The van der Waals surface area contributed by atoms with Gasteiger partial charge in [-0.25, -0.2) is 0 Å². The molecule has 0 radical (unpaired) electrons. The zero-order chi connectivity index (χ0) is 14.4. The lowest BCUT2D eigenvalue weighted by Gasteiger charge is -2.16. The summed E-state index contributed by atoms with van der Waals surface area (Å²) in [7, 11) is 1.66. The van der Waals surface area contributed by atoms with Crippen LogP contribution in [0.2, 0.25) is 0 Å². The third kappa shape index (κ3) is 4.26. The Hall–Kier alpha value is -1.51. The Balaban J connectivity index is 1.90. The molecule has 1 saturated carbocycles. The molecular formula is C17H25NO2. The normalized spacial score (nSPS) is 16.5. The molecule has 3 heteroatoms. The molecule has 1 fully saturated rings. The van der Waals surface area contributed by atoms with E-state index in [1.807, 2.05) is 25.1 Å². The average Bonchev–Trinajstić information content (AvgIpc) is 2.69. The number of aryl methyl sites for hydroxylation is 1. The van der Waals surface area contributed by atoms with Gasteiger partial charge in [-0.2, -0.15) is 0 Å². The van der Waals surface area contributed by atoms with E-state index in [2.05, 4.69) is 5.32 Å².